The van der Waals surface area contributed by atoms with Gasteiger partial charge in [-0.2, -0.15) is 0 Å². The number of hydrogen-bond acceptors (Lipinski definition) is 4. The molecule has 0 aliphatic heterocycles. The van der Waals surface area contributed by atoms with Gasteiger partial charge in [-0.05, 0) is 24.6 Å². The van der Waals surface area contributed by atoms with Crippen molar-refractivity contribution in [2.24, 2.45) is 0 Å². The molecule has 0 saturated carbocycles. The minimum atomic E-state index is -0.985. The number of aliphatic hydroxyl groups is 1. The Kier molecular flexibility index (Phi) is 3.89. The molecule has 108 valence electrons. The number of rotatable bonds is 3. The maximum atomic E-state index is 10.6. The maximum Gasteiger partial charge on any atom is 0.115 e. The van der Waals surface area contributed by atoms with Crippen LogP contribution in [0.3, 0.4) is 0 Å². The second kappa shape index (κ2) is 5.19. The third-order valence-corrected chi connectivity index (χ3v) is 4.15. The van der Waals surface area contributed by atoms with Crippen LogP contribution in [0.4, 0.5) is 0 Å². The summed E-state index contributed by atoms with van der Waals surface area (Å²) in [6, 6.07) is 6.67. The van der Waals surface area contributed by atoms with Crippen molar-refractivity contribution in [3.05, 3.63) is 45.9 Å². The fourth-order valence-electron chi connectivity index (χ4n) is 1.95. The Labute approximate surface area is 123 Å². The lowest BCUT2D eigenvalue weighted by Crippen LogP contribution is -2.24. The molecule has 20 heavy (non-hydrogen) atoms. The molecule has 1 aromatic heterocycles. The molecule has 1 heterocycles. The molecule has 3 nitrogen and oxygen atoms in total. The first-order valence-electron chi connectivity index (χ1n) is 6.65. The topological polar surface area (TPSA) is 53.4 Å². The normalized spacial score (nSPS) is 15.1. The van der Waals surface area contributed by atoms with Gasteiger partial charge in [0.25, 0.3) is 0 Å². The van der Waals surface area contributed by atoms with E-state index in [1.54, 1.807) is 42.5 Å². The molecule has 0 aliphatic rings. The van der Waals surface area contributed by atoms with Crippen molar-refractivity contribution in [2.45, 2.75) is 45.1 Å². The molecule has 0 saturated heterocycles. The Morgan fingerprint density at radius 1 is 1.10 bits per heavy atom. The lowest BCUT2D eigenvalue weighted by atomic mass is 9.92. The van der Waals surface area contributed by atoms with Crippen LogP contribution in [-0.2, 0) is 17.4 Å². The molecule has 0 amide bonds. The van der Waals surface area contributed by atoms with Gasteiger partial charge in [-0.25, -0.2) is 4.98 Å². The molecule has 0 bridgehead atoms. The van der Waals surface area contributed by atoms with Gasteiger partial charge in [0.1, 0.15) is 5.75 Å². The summed E-state index contributed by atoms with van der Waals surface area (Å²) in [5.74, 6) is 0.203. The predicted octanol–water partition coefficient (Wildman–Crippen LogP) is 3.60. The Bertz CT molecular complexity index is 579. The van der Waals surface area contributed by atoms with E-state index in [-0.39, 0.29) is 11.2 Å². The fraction of sp³-hybridized carbons (Fsp3) is 0.438. The van der Waals surface area contributed by atoms with Crippen LogP contribution in [0.2, 0.25) is 0 Å². The molecular weight excluding hydrogens is 270 g/mol. The number of nitrogens with zero attached hydrogens (tertiary/aromatic N) is 1. The maximum absolute atomic E-state index is 10.6. The zero-order valence-electron chi connectivity index (χ0n) is 12.3. The number of aromatic hydroxyl groups is 1. The third kappa shape index (κ3) is 3.38. The van der Waals surface area contributed by atoms with Gasteiger partial charge in [0.2, 0.25) is 0 Å². The van der Waals surface area contributed by atoms with Gasteiger partial charge in [0, 0.05) is 17.2 Å². The van der Waals surface area contributed by atoms with E-state index in [9.17, 15) is 10.2 Å². The molecule has 1 atom stereocenters. The lowest BCUT2D eigenvalue weighted by Gasteiger charge is -2.23. The highest BCUT2D eigenvalue weighted by atomic mass is 32.1. The van der Waals surface area contributed by atoms with Gasteiger partial charge in [-0.15, -0.1) is 11.3 Å². The van der Waals surface area contributed by atoms with Crippen molar-refractivity contribution < 1.29 is 10.2 Å². The van der Waals surface area contributed by atoms with E-state index in [1.807, 2.05) is 0 Å². The van der Waals surface area contributed by atoms with Crippen LogP contribution >= 0.6 is 11.3 Å². The first-order chi connectivity index (χ1) is 9.18. The lowest BCUT2D eigenvalue weighted by molar-refractivity contribution is 0.0574. The fourth-order valence-corrected chi connectivity index (χ4v) is 3.12. The van der Waals surface area contributed by atoms with Crippen LogP contribution < -0.4 is 0 Å². The minimum Gasteiger partial charge on any atom is -0.508 e. The van der Waals surface area contributed by atoms with Crippen molar-refractivity contribution in [1.29, 1.82) is 0 Å². The smallest absolute Gasteiger partial charge is 0.115 e. The zero-order valence-corrected chi connectivity index (χ0v) is 13.2. The molecule has 4 heteroatoms. The van der Waals surface area contributed by atoms with Crippen molar-refractivity contribution in [3.63, 3.8) is 0 Å². The van der Waals surface area contributed by atoms with Gasteiger partial charge in [0.05, 0.1) is 16.3 Å². The van der Waals surface area contributed by atoms with Crippen LogP contribution in [0.25, 0.3) is 0 Å². The SMILES string of the molecule is CC(C)(C)c1csc(CC(C)(O)c2ccc(O)cc2)n1. The van der Waals surface area contributed by atoms with Crippen LogP contribution in [-0.4, -0.2) is 15.2 Å². The van der Waals surface area contributed by atoms with Gasteiger partial charge < -0.3 is 10.2 Å². The number of benzene rings is 1. The van der Waals surface area contributed by atoms with Crippen molar-refractivity contribution in [1.82, 2.24) is 4.98 Å². The molecule has 2 rings (SSSR count). The molecule has 0 radical (unpaired) electrons. The third-order valence-electron chi connectivity index (χ3n) is 3.30. The molecule has 2 aromatic rings. The summed E-state index contributed by atoms with van der Waals surface area (Å²) < 4.78 is 0. The van der Waals surface area contributed by atoms with E-state index >= 15 is 0 Å². The molecule has 1 aromatic carbocycles. The van der Waals surface area contributed by atoms with Gasteiger partial charge in [-0.1, -0.05) is 32.9 Å². The second-order valence-electron chi connectivity index (χ2n) is 6.37. The van der Waals surface area contributed by atoms with Crippen molar-refractivity contribution in [2.75, 3.05) is 0 Å². The van der Waals surface area contributed by atoms with E-state index in [1.165, 1.54) is 0 Å². The van der Waals surface area contributed by atoms with E-state index < -0.39 is 5.60 Å². The number of hydrogen-bond donors (Lipinski definition) is 2. The van der Waals surface area contributed by atoms with Gasteiger partial charge in [-0.3, -0.25) is 0 Å². The molecule has 0 spiro atoms. The van der Waals surface area contributed by atoms with Crippen LogP contribution in [0.1, 0.15) is 44.0 Å². The van der Waals surface area contributed by atoms with Crippen LogP contribution in [0.15, 0.2) is 29.6 Å². The average molecular weight is 291 g/mol. The Morgan fingerprint density at radius 2 is 1.70 bits per heavy atom. The molecule has 2 N–H and O–H groups in total. The van der Waals surface area contributed by atoms with Crippen molar-refractivity contribution in [3.8, 4) is 5.75 Å². The Balaban J connectivity index is 2.19. The summed E-state index contributed by atoms with van der Waals surface area (Å²) in [5.41, 5.74) is 0.877. The highest BCUT2D eigenvalue weighted by molar-refractivity contribution is 7.09. The number of phenolic OH excluding ortho intramolecular Hbond substituents is 1. The molecule has 1 unspecified atom stereocenters. The number of phenols is 1. The first kappa shape index (κ1) is 15.0. The van der Waals surface area contributed by atoms with E-state index in [2.05, 4.69) is 31.1 Å². The Morgan fingerprint density at radius 3 is 2.20 bits per heavy atom. The standard InChI is InChI=1S/C16H21NO2S/c1-15(2,3)13-10-20-14(17-13)9-16(4,19)11-5-7-12(18)8-6-11/h5-8,10,18-19H,9H2,1-4H3. The largest absolute Gasteiger partial charge is 0.508 e. The summed E-state index contributed by atoms with van der Waals surface area (Å²) in [6.07, 6.45) is 0.471. The van der Waals surface area contributed by atoms with Crippen LogP contribution in [0.5, 0.6) is 5.75 Å². The molecular formula is C16H21NO2S. The first-order valence-corrected chi connectivity index (χ1v) is 7.53. The van der Waals surface area contributed by atoms with Gasteiger partial charge >= 0.3 is 0 Å². The molecule has 0 fully saturated rings. The van der Waals surface area contributed by atoms with Crippen LogP contribution in [0, 0.1) is 0 Å². The monoisotopic (exact) mass is 291 g/mol. The summed E-state index contributed by atoms with van der Waals surface area (Å²) in [7, 11) is 0. The molecule has 0 aliphatic carbocycles. The summed E-state index contributed by atoms with van der Waals surface area (Å²) in [4.78, 5) is 4.62. The minimum absolute atomic E-state index is 0.0269. The second-order valence-corrected chi connectivity index (χ2v) is 7.32. The van der Waals surface area contributed by atoms with E-state index in [0.29, 0.717) is 6.42 Å². The number of aromatic nitrogens is 1. The predicted molar refractivity (Wildman–Crippen MR) is 82.2 cm³/mol. The number of thiazole rings is 1. The van der Waals surface area contributed by atoms with E-state index in [4.69, 9.17) is 0 Å². The average Bonchev–Trinajstić information content (AvgIpc) is 2.77. The summed E-state index contributed by atoms with van der Waals surface area (Å²) in [6.45, 7) is 8.16. The summed E-state index contributed by atoms with van der Waals surface area (Å²) >= 11 is 1.58. The summed E-state index contributed by atoms with van der Waals surface area (Å²) in [5, 5.41) is 22.9. The highest BCUT2D eigenvalue weighted by Gasteiger charge is 2.26. The van der Waals surface area contributed by atoms with Crippen molar-refractivity contribution >= 4 is 11.3 Å². The quantitative estimate of drug-likeness (QED) is 0.908. The zero-order chi connectivity index (χ0) is 15.0. The van der Waals surface area contributed by atoms with E-state index in [0.717, 1.165) is 16.3 Å². The highest BCUT2D eigenvalue weighted by Crippen LogP contribution is 2.30. The van der Waals surface area contributed by atoms with Gasteiger partial charge in [0.15, 0.2) is 0 Å². The Hall–Kier alpha value is -1.39.